The Hall–Kier alpha value is -4.13. The number of anilines is 2. The SMILES string of the molecule is O=C(Nc1ccc(NCCc2ccccn2)cc1)c1ccccc1Cc1ccc(C(F)(F)F)cc1. The molecule has 4 aromatic rings. The first kappa shape index (κ1) is 24.0. The average molecular weight is 476 g/mol. The molecule has 35 heavy (non-hydrogen) atoms. The predicted molar refractivity (Wildman–Crippen MR) is 132 cm³/mol. The number of hydrogen-bond acceptors (Lipinski definition) is 3. The molecule has 1 amide bonds. The molecule has 0 aliphatic rings. The lowest BCUT2D eigenvalue weighted by Gasteiger charge is -2.12. The number of halogens is 3. The monoisotopic (exact) mass is 475 g/mol. The highest BCUT2D eigenvalue weighted by Gasteiger charge is 2.29. The number of carbonyl (C=O) groups is 1. The maximum absolute atomic E-state index is 12.9. The molecule has 3 aromatic carbocycles. The van der Waals surface area contributed by atoms with Crippen molar-refractivity contribution in [3.8, 4) is 0 Å². The summed E-state index contributed by atoms with van der Waals surface area (Å²) in [5.41, 5.74) is 3.80. The van der Waals surface area contributed by atoms with Crippen LogP contribution in [0.25, 0.3) is 0 Å². The molecule has 0 aliphatic carbocycles. The average Bonchev–Trinajstić information content (AvgIpc) is 2.86. The molecule has 178 valence electrons. The summed E-state index contributed by atoms with van der Waals surface area (Å²) >= 11 is 0. The molecule has 0 aliphatic heterocycles. The molecule has 0 saturated carbocycles. The highest BCUT2D eigenvalue weighted by Crippen LogP contribution is 2.29. The van der Waals surface area contributed by atoms with Gasteiger partial charge in [-0.2, -0.15) is 13.2 Å². The minimum Gasteiger partial charge on any atom is -0.385 e. The van der Waals surface area contributed by atoms with Gasteiger partial charge in [-0.15, -0.1) is 0 Å². The van der Waals surface area contributed by atoms with Crippen molar-refractivity contribution in [2.24, 2.45) is 0 Å². The Morgan fingerprint density at radius 1 is 0.800 bits per heavy atom. The fourth-order valence-electron chi connectivity index (χ4n) is 3.68. The molecule has 0 unspecified atom stereocenters. The Labute approximate surface area is 201 Å². The van der Waals surface area contributed by atoms with E-state index in [0.29, 0.717) is 23.2 Å². The van der Waals surface area contributed by atoms with Crippen LogP contribution < -0.4 is 10.6 Å². The smallest absolute Gasteiger partial charge is 0.385 e. The Kier molecular flexibility index (Phi) is 7.45. The van der Waals surface area contributed by atoms with Crippen LogP contribution in [-0.4, -0.2) is 17.4 Å². The van der Waals surface area contributed by atoms with Gasteiger partial charge in [-0.25, -0.2) is 0 Å². The van der Waals surface area contributed by atoms with Gasteiger partial charge >= 0.3 is 6.18 Å². The molecule has 0 fully saturated rings. The molecule has 2 N–H and O–H groups in total. The molecule has 4 rings (SSSR count). The third-order valence-electron chi connectivity index (χ3n) is 5.52. The highest BCUT2D eigenvalue weighted by molar-refractivity contribution is 6.05. The minimum atomic E-state index is -4.37. The summed E-state index contributed by atoms with van der Waals surface area (Å²) in [6.07, 6.45) is -1.45. The lowest BCUT2D eigenvalue weighted by atomic mass is 9.98. The molecule has 0 atom stereocenters. The van der Waals surface area contributed by atoms with E-state index < -0.39 is 11.7 Å². The normalized spacial score (nSPS) is 11.2. The van der Waals surface area contributed by atoms with Crippen molar-refractivity contribution in [3.63, 3.8) is 0 Å². The maximum atomic E-state index is 12.9. The Morgan fingerprint density at radius 3 is 2.17 bits per heavy atom. The number of amides is 1. The summed E-state index contributed by atoms with van der Waals surface area (Å²) in [6.45, 7) is 0.736. The Morgan fingerprint density at radius 2 is 1.49 bits per heavy atom. The zero-order chi connectivity index (χ0) is 24.7. The van der Waals surface area contributed by atoms with Crippen molar-refractivity contribution in [1.82, 2.24) is 4.98 Å². The van der Waals surface area contributed by atoms with Crippen LogP contribution in [0.3, 0.4) is 0 Å². The van der Waals surface area contributed by atoms with Crippen LogP contribution in [0.4, 0.5) is 24.5 Å². The number of benzene rings is 3. The van der Waals surface area contributed by atoms with Crippen LogP contribution in [0.1, 0.15) is 32.7 Å². The summed E-state index contributed by atoms with van der Waals surface area (Å²) < 4.78 is 38.5. The zero-order valence-electron chi connectivity index (χ0n) is 18.8. The summed E-state index contributed by atoms with van der Waals surface area (Å²) in [5.74, 6) is -0.275. The van der Waals surface area contributed by atoms with Gasteiger partial charge < -0.3 is 10.6 Å². The van der Waals surface area contributed by atoms with Gasteiger partial charge in [0.2, 0.25) is 0 Å². The van der Waals surface area contributed by atoms with E-state index in [9.17, 15) is 18.0 Å². The second-order valence-corrected chi connectivity index (χ2v) is 8.06. The molecule has 4 nitrogen and oxygen atoms in total. The van der Waals surface area contributed by atoms with Crippen LogP contribution in [0.15, 0.2) is 97.2 Å². The van der Waals surface area contributed by atoms with Gasteiger partial charge in [-0.05, 0) is 72.1 Å². The van der Waals surface area contributed by atoms with E-state index in [1.165, 1.54) is 12.1 Å². The molecule has 0 saturated heterocycles. The summed E-state index contributed by atoms with van der Waals surface area (Å²) in [6, 6.07) is 25.3. The number of carbonyl (C=O) groups excluding carboxylic acids is 1. The van der Waals surface area contributed by atoms with Gasteiger partial charge in [-0.1, -0.05) is 36.4 Å². The van der Waals surface area contributed by atoms with E-state index in [1.54, 1.807) is 24.4 Å². The van der Waals surface area contributed by atoms with Crippen LogP contribution in [0.5, 0.6) is 0 Å². The molecule has 1 heterocycles. The van der Waals surface area contributed by atoms with Crippen LogP contribution >= 0.6 is 0 Å². The van der Waals surface area contributed by atoms with Crippen molar-refractivity contribution >= 4 is 17.3 Å². The number of hydrogen-bond donors (Lipinski definition) is 2. The first-order valence-corrected chi connectivity index (χ1v) is 11.2. The van der Waals surface area contributed by atoms with Crippen molar-refractivity contribution < 1.29 is 18.0 Å². The van der Waals surface area contributed by atoms with Gasteiger partial charge in [0.15, 0.2) is 0 Å². The fourth-order valence-corrected chi connectivity index (χ4v) is 3.68. The van der Waals surface area contributed by atoms with E-state index in [0.717, 1.165) is 42.0 Å². The molecule has 0 radical (unpaired) electrons. The Balaban J connectivity index is 1.36. The van der Waals surface area contributed by atoms with E-state index in [-0.39, 0.29) is 5.91 Å². The number of pyridine rings is 1. The third-order valence-corrected chi connectivity index (χ3v) is 5.52. The van der Waals surface area contributed by atoms with Crippen molar-refractivity contribution in [3.05, 3.63) is 125 Å². The molecular formula is C28H24F3N3O. The first-order valence-electron chi connectivity index (χ1n) is 11.2. The minimum absolute atomic E-state index is 0.275. The van der Waals surface area contributed by atoms with E-state index >= 15 is 0 Å². The highest BCUT2D eigenvalue weighted by atomic mass is 19.4. The van der Waals surface area contributed by atoms with Crippen molar-refractivity contribution in [2.75, 3.05) is 17.2 Å². The van der Waals surface area contributed by atoms with E-state index in [1.807, 2.05) is 48.5 Å². The van der Waals surface area contributed by atoms with E-state index in [4.69, 9.17) is 0 Å². The van der Waals surface area contributed by atoms with Gasteiger partial charge in [0, 0.05) is 41.8 Å². The lowest BCUT2D eigenvalue weighted by Crippen LogP contribution is -2.14. The van der Waals surface area contributed by atoms with Gasteiger partial charge in [0.05, 0.1) is 5.56 Å². The quantitative estimate of drug-likeness (QED) is 0.302. The first-order chi connectivity index (χ1) is 16.9. The number of aromatic nitrogens is 1. The van der Waals surface area contributed by atoms with Crippen molar-refractivity contribution in [1.29, 1.82) is 0 Å². The van der Waals surface area contributed by atoms with Gasteiger partial charge in [-0.3, -0.25) is 9.78 Å². The zero-order valence-corrected chi connectivity index (χ0v) is 18.8. The number of nitrogens with one attached hydrogen (secondary N) is 2. The maximum Gasteiger partial charge on any atom is 0.416 e. The summed E-state index contributed by atoms with van der Waals surface area (Å²) in [7, 11) is 0. The molecular weight excluding hydrogens is 451 g/mol. The molecule has 0 bridgehead atoms. The topological polar surface area (TPSA) is 54.0 Å². The Bertz CT molecular complexity index is 1260. The van der Waals surface area contributed by atoms with Crippen LogP contribution in [0, 0.1) is 0 Å². The molecule has 7 heteroatoms. The molecule has 0 spiro atoms. The standard InChI is InChI=1S/C28H24F3N3O/c29-28(30,31)22-10-8-20(9-11-22)19-21-5-1-2-7-26(21)27(35)34-25-14-12-24(13-15-25)33-18-16-23-6-3-4-17-32-23/h1-15,17,33H,16,18-19H2,(H,34,35). The second-order valence-electron chi connectivity index (χ2n) is 8.06. The predicted octanol–water partition coefficient (Wildman–Crippen LogP) is 6.60. The number of alkyl halides is 3. The number of rotatable bonds is 8. The second kappa shape index (κ2) is 10.9. The number of nitrogens with zero attached hydrogens (tertiary/aromatic N) is 1. The fraction of sp³-hybridized carbons (Fsp3) is 0.143. The van der Waals surface area contributed by atoms with Crippen molar-refractivity contribution in [2.45, 2.75) is 19.0 Å². The summed E-state index contributed by atoms with van der Waals surface area (Å²) in [5, 5.41) is 6.23. The lowest BCUT2D eigenvalue weighted by molar-refractivity contribution is -0.137. The van der Waals surface area contributed by atoms with E-state index in [2.05, 4.69) is 15.6 Å². The largest absolute Gasteiger partial charge is 0.416 e. The van der Waals surface area contributed by atoms with Crippen LogP contribution in [-0.2, 0) is 19.0 Å². The summed E-state index contributed by atoms with van der Waals surface area (Å²) in [4.78, 5) is 17.2. The third kappa shape index (κ3) is 6.69. The van der Waals surface area contributed by atoms with Crippen LogP contribution in [0.2, 0.25) is 0 Å². The van der Waals surface area contributed by atoms with Gasteiger partial charge in [0.25, 0.3) is 5.91 Å². The molecule has 1 aromatic heterocycles. The van der Waals surface area contributed by atoms with Gasteiger partial charge in [0.1, 0.15) is 0 Å².